The van der Waals surface area contributed by atoms with Crippen molar-refractivity contribution in [3.05, 3.63) is 0 Å². The summed E-state index contributed by atoms with van der Waals surface area (Å²) in [5.41, 5.74) is 0. The second-order valence-corrected chi connectivity index (χ2v) is 4.02. The Morgan fingerprint density at radius 2 is 1.79 bits per heavy atom. The third kappa shape index (κ3) is 7.62. The van der Waals surface area contributed by atoms with Gasteiger partial charge in [-0.3, -0.25) is 0 Å². The second kappa shape index (κ2) is 9.77. The normalized spacial score (nSPS) is 13.5. The van der Waals surface area contributed by atoms with Gasteiger partial charge in [-0.05, 0) is 27.0 Å². The van der Waals surface area contributed by atoms with E-state index >= 15 is 0 Å². The van der Waals surface area contributed by atoms with Crippen LogP contribution < -0.4 is 5.32 Å². The molecule has 0 aromatic rings. The first-order valence-electron chi connectivity index (χ1n) is 5.20. The zero-order valence-electron chi connectivity index (χ0n) is 9.71. The van der Waals surface area contributed by atoms with Crippen molar-refractivity contribution in [3.63, 3.8) is 0 Å². The average molecular weight is 221 g/mol. The molecule has 1 N–H and O–H groups in total. The fraction of sp³-hybridized carbons (Fsp3) is 1.00. The van der Waals surface area contributed by atoms with Crippen LogP contribution in [0, 0.1) is 0 Å². The molecule has 0 aliphatic rings. The van der Waals surface area contributed by atoms with Gasteiger partial charge < -0.3 is 14.8 Å². The second-order valence-electron chi connectivity index (χ2n) is 3.10. The molecule has 0 spiro atoms. The van der Waals surface area contributed by atoms with Gasteiger partial charge in [-0.2, -0.15) is 11.8 Å². The van der Waals surface area contributed by atoms with Crippen LogP contribution in [0.2, 0.25) is 0 Å². The minimum Gasteiger partial charge on any atom is -0.352 e. The summed E-state index contributed by atoms with van der Waals surface area (Å²) in [5.74, 6) is 1.12. The first kappa shape index (κ1) is 14.2. The highest BCUT2D eigenvalue weighted by Gasteiger charge is 2.09. The van der Waals surface area contributed by atoms with E-state index in [0.717, 1.165) is 12.3 Å². The van der Waals surface area contributed by atoms with E-state index in [1.165, 1.54) is 0 Å². The molecule has 0 aliphatic carbocycles. The van der Waals surface area contributed by atoms with Crippen molar-refractivity contribution in [2.75, 3.05) is 31.8 Å². The van der Waals surface area contributed by atoms with Crippen molar-refractivity contribution in [1.82, 2.24) is 5.32 Å². The molecule has 4 heteroatoms. The Labute approximate surface area is 91.9 Å². The lowest BCUT2D eigenvalue weighted by atomic mass is 10.4. The van der Waals surface area contributed by atoms with E-state index in [-0.39, 0.29) is 6.29 Å². The molecule has 0 heterocycles. The molecule has 14 heavy (non-hydrogen) atoms. The van der Waals surface area contributed by atoms with Crippen molar-refractivity contribution >= 4 is 11.8 Å². The van der Waals surface area contributed by atoms with Gasteiger partial charge in [0.15, 0.2) is 6.29 Å². The Hall–Kier alpha value is 0.230. The van der Waals surface area contributed by atoms with Crippen LogP contribution in [-0.2, 0) is 9.47 Å². The summed E-state index contributed by atoms with van der Waals surface area (Å²) >= 11 is 1.84. The van der Waals surface area contributed by atoms with Crippen molar-refractivity contribution in [2.45, 2.75) is 33.1 Å². The van der Waals surface area contributed by atoms with Crippen LogP contribution >= 0.6 is 11.8 Å². The lowest BCUT2D eigenvalue weighted by Gasteiger charge is -2.20. The number of nitrogens with one attached hydrogen (secondary N) is 1. The third-order valence-electron chi connectivity index (χ3n) is 1.75. The van der Waals surface area contributed by atoms with E-state index in [0.29, 0.717) is 19.3 Å². The Balaban J connectivity index is 3.57. The summed E-state index contributed by atoms with van der Waals surface area (Å²) in [5, 5.41) is 3.38. The largest absolute Gasteiger partial charge is 0.352 e. The number of hydrogen-bond acceptors (Lipinski definition) is 4. The van der Waals surface area contributed by atoms with Gasteiger partial charge in [0, 0.05) is 31.6 Å². The van der Waals surface area contributed by atoms with Crippen LogP contribution in [0.15, 0.2) is 0 Å². The lowest BCUT2D eigenvalue weighted by Crippen LogP contribution is -2.37. The molecule has 86 valence electrons. The molecule has 1 unspecified atom stereocenters. The van der Waals surface area contributed by atoms with Crippen LogP contribution in [0.5, 0.6) is 0 Å². The third-order valence-corrected chi connectivity index (χ3v) is 2.59. The predicted molar refractivity (Wildman–Crippen MR) is 62.9 cm³/mol. The van der Waals surface area contributed by atoms with E-state index in [1.54, 1.807) is 0 Å². The monoisotopic (exact) mass is 221 g/mol. The zero-order valence-corrected chi connectivity index (χ0v) is 10.5. The molecule has 0 fully saturated rings. The van der Waals surface area contributed by atoms with Gasteiger partial charge in [-0.15, -0.1) is 0 Å². The van der Waals surface area contributed by atoms with E-state index < -0.39 is 0 Å². The summed E-state index contributed by atoms with van der Waals surface area (Å²) in [4.78, 5) is 0. The molecule has 3 nitrogen and oxygen atoms in total. The number of thioether (sulfide) groups is 1. The molecule has 0 radical (unpaired) electrons. The highest BCUT2D eigenvalue weighted by molar-refractivity contribution is 7.98. The summed E-state index contributed by atoms with van der Waals surface area (Å²) in [6, 6.07) is 0.508. The highest BCUT2D eigenvalue weighted by Crippen LogP contribution is 1.98. The molecular weight excluding hydrogens is 198 g/mol. The fourth-order valence-corrected chi connectivity index (χ4v) is 1.76. The maximum atomic E-state index is 5.42. The van der Waals surface area contributed by atoms with Gasteiger partial charge in [0.1, 0.15) is 0 Å². The summed E-state index contributed by atoms with van der Waals surface area (Å²) in [7, 11) is 0. The molecule has 0 saturated carbocycles. The summed E-state index contributed by atoms with van der Waals surface area (Å²) in [6.07, 6.45) is 2.01. The quantitative estimate of drug-likeness (QED) is 0.601. The Bertz CT molecular complexity index is 119. The van der Waals surface area contributed by atoms with Crippen LogP contribution in [0.25, 0.3) is 0 Å². The number of ether oxygens (including phenoxy) is 2. The van der Waals surface area contributed by atoms with Gasteiger partial charge in [0.2, 0.25) is 0 Å². The number of hydrogen-bond donors (Lipinski definition) is 1. The first-order valence-corrected chi connectivity index (χ1v) is 6.59. The molecule has 0 aliphatic heterocycles. The molecule has 0 bridgehead atoms. The smallest absolute Gasteiger partial charge is 0.169 e. The van der Waals surface area contributed by atoms with Crippen molar-refractivity contribution in [1.29, 1.82) is 0 Å². The molecule has 1 atom stereocenters. The van der Waals surface area contributed by atoms with E-state index in [2.05, 4.69) is 18.5 Å². The minimum atomic E-state index is -0.102. The van der Waals surface area contributed by atoms with Gasteiger partial charge >= 0.3 is 0 Å². The average Bonchev–Trinajstić information content (AvgIpc) is 2.15. The predicted octanol–water partition coefficient (Wildman–Crippen LogP) is 1.73. The topological polar surface area (TPSA) is 30.5 Å². The highest BCUT2D eigenvalue weighted by atomic mass is 32.2. The first-order chi connectivity index (χ1) is 6.74. The number of rotatable bonds is 9. The summed E-state index contributed by atoms with van der Waals surface area (Å²) < 4.78 is 10.8. The molecule has 0 aromatic carbocycles. The van der Waals surface area contributed by atoms with Crippen LogP contribution in [0.3, 0.4) is 0 Å². The lowest BCUT2D eigenvalue weighted by molar-refractivity contribution is -0.133. The molecule has 0 amide bonds. The van der Waals surface area contributed by atoms with Crippen LogP contribution in [0.1, 0.15) is 20.8 Å². The van der Waals surface area contributed by atoms with E-state index in [1.807, 2.05) is 25.6 Å². The Morgan fingerprint density at radius 3 is 2.21 bits per heavy atom. The van der Waals surface area contributed by atoms with Crippen LogP contribution in [0.4, 0.5) is 0 Å². The van der Waals surface area contributed by atoms with E-state index in [4.69, 9.17) is 9.47 Å². The van der Waals surface area contributed by atoms with Crippen LogP contribution in [-0.4, -0.2) is 44.1 Å². The minimum absolute atomic E-state index is 0.102. The van der Waals surface area contributed by atoms with E-state index in [9.17, 15) is 0 Å². The van der Waals surface area contributed by atoms with Gasteiger partial charge in [-0.1, -0.05) is 0 Å². The zero-order chi connectivity index (χ0) is 10.8. The molecular formula is C10H23NO2S. The summed E-state index contributed by atoms with van der Waals surface area (Å²) in [6.45, 7) is 8.30. The SMILES string of the molecule is CCOC(CNC(C)CSC)OCC. The van der Waals surface area contributed by atoms with Crippen molar-refractivity contribution in [2.24, 2.45) is 0 Å². The van der Waals surface area contributed by atoms with Gasteiger partial charge in [-0.25, -0.2) is 0 Å². The van der Waals surface area contributed by atoms with Gasteiger partial charge in [0.25, 0.3) is 0 Å². The Kier molecular flexibility index (Phi) is 9.93. The van der Waals surface area contributed by atoms with Crippen molar-refractivity contribution < 1.29 is 9.47 Å². The van der Waals surface area contributed by atoms with Crippen molar-refractivity contribution in [3.8, 4) is 0 Å². The molecule has 0 saturated heterocycles. The molecule has 0 rings (SSSR count). The Morgan fingerprint density at radius 1 is 1.21 bits per heavy atom. The maximum absolute atomic E-state index is 5.42. The maximum Gasteiger partial charge on any atom is 0.169 e. The molecule has 0 aromatic heterocycles. The van der Waals surface area contributed by atoms with Gasteiger partial charge in [0.05, 0.1) is 0 Å². The standard InChI is InChI=1S/C10H23NO2S/c1-5-12-10(13-6-2)7-11-9(3)8-14-4/h9-11H,5-8H2,1-4H3. The fourth-order valence-electron chi connectivity index (χ4n) is 1.14.